The molecule has 0 saturated carbocycles. The van der Waals surface area contributed by atoms with Gasteiger partial charge in [-0.2, -0.15) is 5.26 Å². The Morgan fingerprint density at radius 3 is 2.62 bits per heavy atom. The van der Waals surface area contributed by atoms with E-state index in [-0.39, 0.29) is 0 Å². The maximum Gasteiger partial charge on any atom is 0.137 e. The number of aromatic nitrogens is 2. The van der Waals surface area contributed by atoms with E-state index in [0.29, 0.717) is 26.3 Å². The predicted molar refractivity (Wildman–Crippen MR) is 119 cm³/mol. The molecule has 0 aliphatic rings. The number of hydrogen-bond acceptors (Lipinski definition) is 5. The van der Waals surface area contributed by atoms with Crippen LogP contribution < -0.4 is 4.74 Å². The standard InChI is InChI=1S/C22H13Cl2N3OS/c1-28-18-6-7-19-14(10-18)8-15(21(24)26-19)9-16(11-25)22-27-20(12-29-22)13-2-4-17(23)5-3-13/h2-10,12H,1H3/b16-9+. The lowest BCUT2D eigenvalue weighted by atomic mass is 10.1. The molecule has 4 nitrogen and oxygen atoms in total. The summed E-state index contributed by atoms with van der Waals surface area (Å²) < 4.78 is 5.27. The van der Waals surface area contributed by atoms with Crippen molar-refractivity contribution in [2.24, 2.45) is 0 Å². The fourth-order valence-electron chi connectivity index (χ4n) is 2.82. The highest BCUT2D eigenvalue weighted by atomic mass is 35.5. The summed E-state index contributed by atoms with van der Waals surface area (Å²) in [6.45, 7) is 0. The van der Waals surface area contributed by atoms with Crippen LogP contribution in [0.2, 0.25) is 10.2 Å². The molecule has 0 N–H and O–H groups in total. The molecule has 4 aromatic rings. The van der Waals surface area contributed by atoms with E-state index < -0.39 is 0 Å². The molecule has 2 aromatic heterocycles. The number of pyridine rings is 1. The van der Waals surface area contributed by atoms with Gasteiger partial charge in [-0.15, -0.1) is 11.3 Å². The third-order valence-corrected chi connectivity index (χ3v) is 5.73. The first kappa shape index (κ1) is 19.4. The average Bonchev–Trinajstić information content (AvgIpc) is 3.22. The first-order valence-electron chi connectivity index (χ1n) is 8.55. The van der Waals surface area contributed by atoms with Crippen LogP contribution in [0.15, 0.2) is 53.9 Å². The Balaban J connectivity index is 1.73. The molecule has 0 aliphatic heterocycles. The minimum Gasteiger partial charge on any atom is -0.497 e. The summed E-state index contributed by atoms with van der Waals surface area (Å²) in [4.78, 5) is 9.02. The molecular formula is C22H13Cl2N3OS. The first-order chi connectivity index (χ1) is 14.1. The van der Waals surface area contributed by atoms with E-state index in [4.69, 9.17) is 27.9 Å². The molecule has 0 fully saturated rings. The van der Waals surface area contributed by atoms with Crippen LogP contribution in [0.5, 0.6) is 5.75 Å². The number of fused-ring (bicyclic) bond motifs is 1. The van der Waals surface area contributed by atoms with Crippen molar-refractivity contribution in [2.75, 3.05) is 7.11 Å². The minimum atomic E-state index is 0.324. The number of benzene rings is 2. The van der Waals surface area contributed by atoms with Crippen molar-refractivity contribution in [3.63, 3.8) is 0 Å². The molecule has 4 rings (SSSR count). The van der Waals surface area contributed by atoms with Crippen LogP contribution in [0.25, 0.3) is 33.8 Å². The van der Waals surface area contributed by atoms with E-state index >= 15 is 0 Å². The SMILES string of the molecule is COc1ccc2nc(Cl)c(/C=C(\C#N)c3nc(-c4ccc(Cl)cc4)cs3)cc2c1. The number of ether oxygens (including phenoxy) is 1. The van der Waals surface area contributed by atoms with Gasteiger partial charge in [0.1, 0.15) is 22.0 Å². The molecule has 2 aromatic carbocycles. The average molecular weight is 438 g/mol. The van der Waals surface area contributed by atoms with Gasteiger partial charge in [0.15, 0.2) is 0 Å². The minimum absolute atomic E-state index is 0.324. The van der Waals surface area contributed by atoms with Crippen molar-refractivity contribution in [1.29, 1.82) is 5.26 Å². The summed E-state index contributed by atoms with van der Waals surface area (Å²) in [6, 6.07) is 17.1. The van der Waals surface area contributed by atoms with Gasteiger partial charge >= 0.3 is 0 Å². The molecule has 0 unspecified atom stereocenters. The predicted octanol–water partition coefficient (Wildman–Crippen LogP) is 6.74. The molecule has 0 amide bonds. The van der Waals surface area contributed by atoms with E-state index in [9.17, 15) is 5.26 Å². The normalized spacial score (nSPS) is 11.4. The third kappa shape index (κ3) is 4.10. The second-order valence-corrected chi connectivity index (χ2v) is 7.79. The lowest BCUT2D eigenvalue weighted by molar-refractivity contribution is 0.415. The quantitative estimate of drug-likeness (QED) is 0.262. The number of rotatable bonds is 4. The summed E-state index contributed by atoms with van der Waals surface area (Å²) in [7, 11) is 1.61. The number of allylic oxidation sites excluding steroid dienone is 1. The Morgan fingerprint density at radius 1 is 1.10 bits per heavy atom. The topological polar surface area (TPSA) is 58.8 Å². The maximum atomic E-state index is 9.69. The fourth-order valence-corrected chi connectivity index (χ4v) is 3.94. The Morgan fingerprint density at radius 2 is 1.90 bits per heavy atom. The largest absolute Gasteiger partial charge is 0.497 e. The van der Waals surface area contributed by atoms with Crippen LogP contribution in [0.3, 0.4) is 0 Å². The fraction of sp³-hybridized carbons (Fsp3) is 0.0455. The van der Waals surface area contributed by atoms with Crippen molar-refractivity contribution in [3.05, 3.63) is 74.7 Å². The lowest BCUT2D eigenvalue weighted by Gasteiger charge is -2.05. The second-order valence-electron chi connectivity index (χ2n) is 6.14. The van der Waals surface area contributed by atoms with Gasteiger partial charge in [0.25, 0.3) is 0 Å². The molecule has 0 spiro atoms. The zero-order valence-electron chi connectivity index (χ0n) is 15.2. The van der Waals surface area contributed by atoms with Gasteiger partial charge in [0, 0.05) is 26.9 Å². The Bertz CT molecular complexity index is 1270. The number of nitriles is 1. The van der Waals surface area contributed by atoms with Crippen molar-refractivity contribution in [1.82, 2.24) is 9.97 Å². The highest BCUT2D eigenvalue weighted by Crippen LogP contribution is 2.30. The Kier molecular flexibility index (Phi) is 5.50. The number of thiazole rings is 1. The number of hydrogen-bond donors (Lipinski definition) is 0. The number of methoxy groups -OCH3 is 1. The van der Waals surface area contributed by atoms with Crippen LogP contribution in [-0.4, -0.2) is 17.1 Å². The van der Waals surface area contributed by atoms with E-state index in [0.717, 1.165) is 27.9 Å². The van der Waals surface area contributed by atoms with Crippen molar-refractivity contribution >= 4 is 57.1 Å². The van der Waals surface area contributed by atoms with Crippen LogP contribution in [0.1, 0.15) is 10.6 Å². The Labute approximate surface area is 181 Å². The lowest BCUT2D eigenvalue weighted by Crippen LogP contribution is -1.89. The summed E-state index contributed by atoms with van der Waals surface area (Å²) in [6.07, 6.45) is 1.71. The molecule has 2 heterocycles. The van der Waals surface area contributed by atoms with E-state index in [1.165, 1.54) is 11.3 Å². The van der Waals surface area contributed by atoms with Crippen LogP contribution in [0, 0.1) is 11.3 Å². The van der Waals surface area contributed by atoms with E-state index in [1.807, 2.05) is 53.9 Å². The van der Waals surface area contributed by atoms with Gasteiger partial charge in [-0.1, -0.05) is 35.3 Å². The summed E-state index contributed by atoms with van der Waals surface area (Å²) in [5.74, 6) is 0.726. The highest BCUT2D eigenvalue weighted by Gasteiger charge is 2.11. The van der Waals surface area contributed by atoms with Gasteiger partial charge in [0.05, 0.1) is 23.9 Å². The van der Waals surface area contributed by atoms with Crippen molar-refractivity contribution < 1.29 is 4.74 Å². The molecule has 29 heavy (non-hydrogen) atoms. The van der Waals surface area contributed by atoms with Gasteiger partial charge in [-0.05, 0) is 42.5 Å². The van der Waals surface area contributed by atoms with Crippen molar-refractivity contribution in [3.8, 4) is 23.1 Å². The molecular weight excluding hydrogens is 425 g/mol. The molecule has 0 saturated heterocycles. The van der Waals surface area contributed by atoms with E-state index in [2.05, 4.69) is 16.0 Å². The monoisotopic (exact) mass is 437 g/mol. The number of nitrogens with zero attached hydrogens (tertiary/aromatic N) is 3. The summed E-state index contributed by atoms with van der Waals surface area (Å²) >= 11 is 13.7. The Hall–Kier alpha value is -2.91. The third-order valence-electron chi connectivity index (χ3n) is 4.30. The smallest absolute Gasteiger partial charge is 0.137 e. The number of halogens is 2. The zero-order chi connectivity index (χ0) is 20.4. The first-order valence-corrected chi connectivity index (χ1v) is 10.2. The summed E-state index contributed by atoms with van der Waals surface area (Å²) in [5, 5.41) is 14.1. The van der Waals surface area contributed by atoms with Crippen molar-refractivity contribution in [2.45, 2.75) is 0 Å². The molecule has 0 atom stereocenters. The second kappa shape index (κ2) is 8.22. The van der Waals surface area contributed by atoms with Crippen LogP contribution in [-0.2, 0) is 0 Å². The van der Waals surface area contributed by atoms with E-state index in [1.54, 1.807) is 13.2 Å². The van der Waals surface area contributed by atoms with Gasteiger partial charge in [-0.25, -0.2) is 9.97 Å². The molecule has 142 valence electrons. The van der Waals surface area contributed by atoms with Gasteiger partial charge in [0.2, 0.25) is 0 Å². The molecule has 0 bridgehead atoms. The molecule has 0 aliphatic carbocycles. The van der Waals surface area contributed by atoms with Crippen LogP contribution >= 0.6 is 34.5 Å². The van der Waals surface area contributed by atoms with Crippen LogP contribution in [0.4, 0.5) is 0 Å². The van der Waals surface area contributed by atoms with Gasteiger partial charge in [-0.3, -0.25) is 0 Å². The van der Waals surface area contributed by atoms with Gasteiger partial charge < -0.3 is 4.74 Å². The maximum absolute atomic E-state index is 9.69. The molecule has 7 heteroatoms. The zero-order valence-corrected chi connectivity index (χ0v) is 17.5. The highest BCUT2D eigenvalue weighted by molar-refractivity contribution is 7.11. The molecule has 0 radical (unpaired) electrons. The summed E-state index contributed by atoms with van der Waals surface area (Å²) in [5.41, 5.74) is 3.54.